The molecule has 7 heteroatoms. The highest BCUT2D eigenvalue weighted by Gasteiger charge is 2.32. The van der Waals surface area contributed by atoms with Crippen LogP contribution in [-0.4, -0.2) is 56.4 Å². The van der Waals surface area contributed by atoms with Crippen LogP contribution in [0, 0.1) is 6.92 Å². The van der Waals surface area contributed by atoms with Gasteiger partial charge >= 0.3 is 5.97 Å². The van der Waals surface area contributed by atoms with Crippen molar-refractivity contribution < 1.29 is 22.7 Å². The minimum absolute atomic E-state index is 0.0312. The quantitative estimate of drug-likeness (QED) is 0.588. The summed E-state index contributed by atoms with van der Waals surface area (Å²) in [5.41, 5.74) is 1.98. The zero-order valence-corrected chi connectivity index (χ0v) is 14.6. The number of amides is 1. The van der Waals surface area contributed by atoms with Crippen LogP contribution in [0.4, 0.5) is 0 Å². The Labute approximate surface area is 142 Å². The first-order valence-corrected chi connectivity index (χ1v) is 9.46. The molecule has 0 aromatic heterocycles. The fourth-order valence-electron chi connectivity index (χ4n) is 2.41. The van der Waals surface area contributed by atoms with Crippen molar-refractivity contribution in [2.24, 2.45) is 0 Å². The molecular formula is C17H21NO5S. The Morgan fingerprint density at radius 2 is 1.96 bits per heavy atom. The molecular weight excluding hydrogens is 330 g/mol. The average Bonchev–Trinajstić information content (AvgIpc) is 2.91. The predicted octanol–water partition coefficient (Wildman–Crippen LogP) is 1.20. The molecule has 1 atom stereocenters. The van der Waals surface area contributed by atoms with E-state index in [2.05, 4.69) is 0 Å². The van der Waals surface area contributed by atoms with E-state index in [9.17, 15) is 18.0 Å². The third-order valence-electron chi connectivity index (χ3n) is 3.98. The Morgan fingerprint density at radius 3 is 2.54 bits per heavy atom. The number of nitrogens with zero attached hydrogens (tertiary/aromatic N) is 1. The number of carbonyl (C=O) groups excluding carboxylic acids is 2. The smallest absolute Gasteiger partial charge is 0.331 e. The van der Waals surface area contributed by atoms with Gasteiger partial charge in [-0.3, -0.25) is 4.79 Å². The lowest BCUT2D eigenvalue weighted by atomic mass is 10.1. The Balaban J connectivity index is 1.80. The molecule has 0 radical (unpaired) electrons. The summed E-state index contributed by atoms with van der Waals surface area (Å²) in [5.74, 6) is -0.962. The third-order valence-corrected chi connectivity index (χ3v) is 5.73. The molecule has 1 aliphatic rings. The van der Waals surface area contributed by atoms with Gasteiger partial charge < -0.3 is 9.64 Å². The highest BCUT2D eigenvalue weighted by atomic mass is 32.2. The monoisotopic (exact) mass is 351 g/mol. The fraction of sp³-hybridized carbons (Fsp3) is 0.412. The SMILES string of the molecule is Cc1ccc(/C=C/C(=O)OCC(=O)N(C)[C@@H]2CCS(=O)(=O)C2)cc1. The van der Waals surface area contributed by atoms with Gasteiger partial charge in [-0.25, -0.2) is 13.2 Å². The minimum Gasteiger partial charge on any atom is -0.452 e. The fourth-order valence-corrected chi connectivity index (χ4v) is 4.18. The number of likely N-dealkylation sites (N-methyl/N-ethyl adjacent to an activating group) is 1. The first-order valence-electron chi connectivity index (χ1n) is 7.64. The molecule has 1 aromatic carbocycles. The number of esters is 1. The Hall–Kier alpha value is -2.15. The number of benzene rings is 1. The largest absolute Gasteiger partial charge is 0.452 e. The van der Waals surface area contributed by atoms with Crippen molar-refractivity contribution in [3.63, 3.8) is 0 Å². The van der Waals surface area contributed by atoms with E-state index in [0.717, 1.165) is 11.1 Å². The number of hydrogen-bond acceptors (Lipinski definition) is 5. The number of carbonyl (C=O) groups is 2. The first-order chi connectivity index (χ1) is 11.3. The van der Waals surface area contributed by atoms with Crippen molar-refractivity contribution in [1.29, 1.82) is 0 Å². The molecule has 0 N–H and O–H groups in total. The highest BCUT2D eigenvalue weighted by molar-refractivity contribution is 7.91. The molecule has 1 aliphatic heterocycles. The van der Waals surface area contributed by atoms with Gasteiger partial charge in [-0.15, -0.1) is 0 Å². The maximum absolute atomic E-state index is 12.0. The lowest BCUT2D eigenvalue weighted by Crippen LogP contribution is -2.40. The highest BCUT2D eigenvalue weighted by Crippen LogP contribution is 2.16. The van der Waals surface area contributed by atoms with Crippen molar-refractivity contribution in [3.05, 3.63) is 41.5 Å². The van der Waals surface area contributed by atoms with Crippen molar-refractivity contribution >= 4 is 27.8 Å². The molecule has 1 fully saturated rings. The predicted molar refractivity (Wildman–Crippen MR) is 91.0 cm³/mol. The summed E-state index contributed by atoms with van der Waals surface area (Å²) in [6, 6.07) is 7.26. The molecule has 1 aromatic rings. The van der Waals surface area contributed by atoms with Crippen molar-refractivity contribution in [2.75, 3.05) is 25.2 Å². The summed E-state index contributed by atoms with van der Waals surface area (Å²) in [4.78, 5) is 25.0. The van der Waals surface area contributed by atoms with Gasteiger partial charge in [0.1, 0.15) is 0 Å². The molecule has 0 spiro atoms. The van der Waals surface area contributed by atoms with Gasteiger partial charge in [-0.05, 0) is 25.0 Å². The zero-order valence-electron chi connectivity index (χ0n) is 13.8. The van der Waals surface area contributed by atoms with Crippen molar-refractivity contribution in [1.82, 2.24) is 4.90 Å². The molecule has 130 valence electrons. The molecule has 0 saturated carbocycles. The zero-order chi connectivity index (χ0) is 17.7. The normalized spacial score (nSPS) is 19.3. The van der Waals surface area contributed by atoms with E-state index in [0.29, 0.717) is 6.42 Å². The summed E-state index contributed by atoms with van der Waals surface area (Å²) >= 11 is 0. The molecule has 6 nitrogen and oxygen atoms in total. The molecule has 24 heavy (non-hydrogen) atoms. The number of ether oxygens (including phenoxy) is 1. The van der Waals surface area contributed by atoms with Crippen LogP contribution in [0.25, 0.3) is 6.08 Å². The van der Waals surface area contributed by atoms with Crippen LogP contribution in [-0.2, 0) is 24.2 Å². The second kappa shape index (κ2) is 7.61. The molecule has 0 aliphatic carbocycles. The average molecular weight is 351 g/mol. The van der Waals surface area contributed by atoms with Gasteiger partial charge in [0.2, 0.25) is 0 Å². The third kappa shape index (κ3) is 5.19. The van der Waals surface area contributed by atoms with Gasteiger partial charge in [0, 0.05) is 19.2 Å². The molecule has 1 heterocycles. The Bertz CT molecular complexity index is 737. The van der Waals surface area contributed by atoms with Gasteiger partial charge in [0.05, 0.1) is 11.5 Å². The second-order valence-corrected chi connectivity index (χ2v) is 8.14. The number of aryl methyl sites for hydroxylation is 1. The Kier molecular flexibility index (Phi) is 5.77. The van der Waals surface area contributed by atoms with Crippen LogP contribution < -0.4 is 0 Å². The van der Waals surface area contributed by atoms with Gasteiger partial charge in [-0.2, -0.15) is 0 Å². The van der Waals surface area contributed by atoms with E-state index in [-0.39, 0.29) is 17.5 Å². The molecule has 0 unspecified atom stereocenters. The van der Waals surface area contributed by atoms with E-state index in [1.54, 1.807) is 6.08 Å². The van der Waals surface area contributed by atoms with Crippen LogP contribution in [0.1, 0.15) is 17.5 Å². The van der Waals surface area contributed by atoms with Crippen LogP contribution in [0.5, 0.6) is 0 Å². The minimum atomic E-state index is -3.06. The topological polar surface area (TPSA) is 80.8 Å². The number of sulfone groups is 1. The molecule has 2 rings (SSSR count). The van der Waals surface area contributed by atoms with Crippen LogP contribution in [0.3, 0.4) is 0 Å². The summed E-state index contributed by atoms with van der Waals surface area (Å²) < 4.78 is 27.8. The lowest BCUT2D eigenvalue weighted by molar-refractivity contribution is -0.148. The molecule has 0 bridgehead atoms. The summed E-state index contributed by atoms with van der Waals surface area (Å²) in [6.07, 6.45) is 3.29. The van der Waals surface area contributed by atoms with E-state index in [1.165, 1.54) is 18.0 Å². The number of hydrogen-bond donors (Lipinski definition) is 0. The van der Waals surface area contributed by atoms with Crippen LogP contribution in [0.15, 0.2) is 30.3 Å². The lowest BCUT2D eigenvalue weighted by Gasteiger charge is -2.22. The van der Waals surface area contributed by atoms with E-state index in [4.69, 9.17) is 4.74 Å². The van der Waals surface area contributed by atoms with Crippen LogP contribution in [0.2, 0.25) is 0 Å². The van der Waals surface area contributed by atoms with Crippen molar-refractivity contribution in [3.8, 4) is 0 Å². The number of rotatable bonds is 5. The second-order valence-electron chi connectivity index (χ2n) is 5.91. The standard InChI is InChI=1S/C17H21NO5S/c1-13-3-5-14(6-4-13)7-8-17(20)23-11-16(19)18(2)15-9-10-24(21,22)12-15/h3-8,15H,9-12H2,1-2H3/b8-7+/t15-/m1/s1. The van der Waals surface area contributed by atoms with E-state index >= 15 is 0 Å². The van der Waals surface area contributed by atoms with Gasteiger partial charge in [-0.1, -0.05) is 29.8 Å². The summed E-state index contributed by atoms with van der Waals surface area (Å²) in [7, 11) is -1.53. The van der Waals surface area contributed by atoms with E-state index < -0.39 is 28.3 Å². The summed E-state index contributed by atoms with van der Waals surface area (Å²) in [5, 5.41) is 0. The molecule has 1 saturated heterocycles. The van der Waals surface area contributed by atoms with Crippen LogP contribution >= 0.6 is 0 Å². The molecule has 1 amide bonds. The van der Waals surface area contributed by atoms with Gasteiger partial charge in [0.25, 0.3) is 5.91 Å². The summed E-state index contributed by atoms with van der Waals surface area (Å²) in [6.45, 7) is 1.57. The van der Waals surface area contributed by atoms with E-state index in [1.807, 2.05) is 31.2 Å². The first kappa shape index (κ1) is 18.2. The maximum atomic E-state index is 12.0. The van der Waals surface area contributed by atoms with Gasteiger partial charge in [0.15, 0.2) is 16.4 Å². The van der Waals surface area contributed by atoms with Crippen molar-refractivity contribution in [2.45, 2.75) is 19.4 Å². The maximum Gasteiger partial charge on any atom is 0.331 e. The Morgan fingerprint density at radius 1 is 1.29 bits per heavy atom.